The van der Waals surface area contributed by atoms with E-state index < -0.39 is 0 Å². The molecule has 0 aliphatic carbocycles. The molecule has 2 atom stereocenters. The number of ether oxygens (including phenoxy) is 1. The van der Waals surface area contributed by atoms with Gasteiger partial charge in [0.2, 0.25) is 0 Å². The Morgan fingerprint density at radius 1 is 1.24 bits per heavy atom. The summed E-state index contributed by atoms with van der Waals surface area (Å²) in [7, 11) is 0. The van der Waals surface area contributed by atoms with E-state index in [4.69, 9.17) is 4.74 Å². The first-order valence-corrected chi connectivity index (χ1v) is 6.79. The molecule has 2 heteroatoms. The second kappa shape index (κ2) is 6.18. The lowest BCUT2D eigenvalue weighted by atomic mass is 10.0. The molecule has 1 aromatic carbocycles. The van der Waals surface area contributed by atoms with E-state index in [9.17, 15) is 0 Å². The third-order valence-corrected chi connectivity index (χ3v) is 3.44. The fraction of sp³-hybridized carbons (Fsp3) is 0.600. The van der Waals surface area contributed by atoms with Gasteiger partial charge in [-0.2, -0.15) is 0 Å². The Labute approximate surface area is 105 Å². The molecule has 1 fully saturated rings. The number of hydrogen-bond acceptors (Lipinski definition) is 2. The Hall–Kier alpha value is -0.860. The van der Waals surface area contributed by atoms with Crippen molar-refractivity contribution >= 4 is 0 Å². The normalized spacial score (nSPS) is 26.0. The van der Waals surface area contributed by atoms with Gasteiger partial charge in [0.05, 0.1) is 6.10 Å². The Kier molecular flexibility index (Phi) is 4.57. The predicted molar refractivity (Wildman–Crippen MR) is 70.8 cm³/mol. The van der Waals surface area contributed by atoms with Crippen molar-refractivity contribution in [1.29, 1.82) is 0 Å². The fourth-order valence-electron chi connectivity index (χ4n) is 2.58. The average Bonchev–Trinajstić information content (AvgIpc) is 2.40. The van der Waals surface area contributed by atoms with Crippen LogP contribution in [0, 0.1) is 0 Å². The zero-order valence-corrected chi connectivity index (χ0v) is 10.9. The van der Waals surface area contributed by atoms with E-state index in [0.29, 0.717) is 6.23 Å². The minimum absolute atomic E-state index is 0.286. The molecule has 1 aliphatic heterocycles. The van der Waals surface area contributed by atoms with Crippen LogP contribution >= 0.6 is 0 Å². The molecule has 0 saturated carbocycles. The first-order chi connectivity index (χ1) is 8.35. The van der Waals surface area contributed by atoms with Crippen molar-refractivity contribution in [3.8, 4) is 0 Å². The van der Waals surface area contributed by atoms with Gasteiger partial charge >= 0.3 is 0 Å². The monoisotopic (exact) mass is 233 g/mol. The maximum atomic E-state index is 6.21. The smallest absolute Gasteiger partial charge is 0.111 e. The van der Waals surface area contributed by atoms with E-state index in [2.05, 4.69) is 49.1 Å². The SMILES string of the molecule is CCCN1CCC(c2ccccc2)OC1CC. The molecule has 17 heavy (non-hydrogen) atoms. The van der Waals surface area contributed by atoms with Crippen LogP contribution in [0.4, 0.5) is 0 Å². The number of benzene rings is 1. The third kappa shape index (κ3) is 3.08. The fourth-order valence-corrected chi connectivity index (χ4v) is 2.58. The predicted octanol–water partition coefficient (Wildman–Crippen LogP) is 3.60. The van der Waals surface area contributed by atoms with Gasteiger partial charge in [-0.15, -0.1) is 0 Å². The van der Waals surface area contributed by atoms with Gasteiger partial charge in [-0.1, -0.05) is 44.2 Å². The number of hydrogen-bond donors (Lipinski definition) is 0. The molecule has 0 radical (unpaired) electrons. The van der Waals surface area contributed by atoms with E-state index in [1.54, 1.807) is 0 Å². The molecule has 1 saturated heterocycles. The van der Waals surface area contributed by atoms with Gasteiger partial charge in [0, 0.05) is 13.1 Å². The quantitative estimate of drug-likeness (QED) is 0.788. The minimum atomic E-state index is 0.286. The van der Waals surface area contributed by atoms with Crippen molar-refractivity contribution in [3.05, 3.63) is 35.9 Å². The molecule has 0 amide bonds. The van der Waals surface area contributed by atoms with Crippen molar-refractivity contribution in [3.63, 3.8) is 0 Å². The summed E-state index contributed by atoms with van der Waals surface area (Å²) in [5, 5.41) is 0. The van der Waals surface area contributed by atoms with E-state index in [1.807, 2.05) is 0 Å². The zero-order chi connectivity index (χ0) is 12.1. The minimum Gasteiger partial charge on any atom is -0.355 e. The summed E-state index contributed by atoms with van der Waals surface area (Å²) >= 11 is 0. The number of nitrogens with zero attached hydrogens (tertiary/aromatic N) is 1. The van der Waals surface area contributed by atoms with Crippen LogP contribution in [0.2, 0.25) is 0 Å². The highest BCUT2D eigenvalue weighted by Crippen LogP contribution is 2.29. The van der Waals surface area contributed by atoms with Gasteiger partial charge in [0.25, 0.3) is 0 Å². The van der Waals surface area contributed by atoms with Crippen molar-refractivity contribution in [1.82, 2.24) is 4.90 Å². The van der Waals surface area contributed by atoms with Crippen molar-refractivity contribution in [2.75, 3.05) is 13.1 Å². The van der Waals surface area contributed by atoms with E-state index in [1.165, 1.54) is 12.0 Å². The third-order valence-electron chi connectivity index (χ3n) is 3.44. The van der Waals surface area contributed by atoms with Crippen LogP contribution in [0.5, 0.6) is 0 Å². The second-order valence-electron chi connectivity index (χ2n) is 4.72. The Bertz CT molecular complexity index is 325. The highest BCUT2D eigenvalue weighted by Gasteiger charge is 2.27. The summed E-state index contributed by atoms with van der Waals surface area (Å²) in [5.41, 5.74) is 1.32. The number of rotatable bonds is 4. The maximum Gasteiger partial charge on any atom is 0.111 e. The van der Waals surface area contributed by atoms with Gasteiger partial charge in [-0.25, -0.2) is 0 Å². The highest BCUT2D eigenvalue weighted by atomic mass is 16.5. The largest absolute Gasteiger partial charge is 0.355 e. The molecule has 1 aromatic rings. The second-order valence-corrected chi connectivity index (χ2v) is 4.72. The molecule has 2 rings (SSSR count). The molecule has 0 aromatic heterocycles. The van der Waals surface area contributed by atoms with Crippen molar-refractivity contribution in [2.45, 2.75) is 45.4 Å². The molecule has 1 aliphatic rings. The summed E-state index contributed by atoms with van der Waals surface area (Å²) < 4.78 is 6.21. The van der Waals surface area contributed by atoms with Crippen LogP contribution in [0.3, 0.4) is 0 Å². The molecular formula is C15H23NO. The summed E-state index contributed by atoms with van der Waals surface area (Å²) in [6.07, 6.45) is 3.97. The molecule has 0 bridgehead atoms. The van der Waals surface area contributed by atoms with Crippen LogP contribution in [0.1, 0.15) is 44.8 Å². The molecule has 0 spiro atoms. The Morgan fingerprint density at radius 3 is 2.65 bits per heavy atom. The first kappa shape index (κ1) is 12.6. The standard InChI is InChI=1S/C15H23NO/c1-3-11-16-12-10-14(17-15(16)4-2)13-8-6-5-7-9-13/h5-9,14-15H,3-4,10-12H2,1-2H3. The molecular weight excluding hydrogens is 210 g/mol. The molecule has 2 unspecified atom stereocenters. The van der Waals surface area contributed by atoms with E-state index >= 15 is 0 Å². The summed E-state index contributed by atoms with van der Waals surface area (Å²) in [5.74, 6) is 0. The molecule has 94 valence electrons. The summed E-state index contributed by atoms with van der Waals surface area (Å²) in [6, 6.07) is 10.6. The van der Waals surface area contributed by atoms with Crippen LogP contribution in [-0.4, -0.2) is 24.2 Å². The highest BCUT2D eigenvalue weighted by molar-refractivity contribution is 5.18. The van der Waals surface area contributed by atoms with Gasteiger partial charge < -0.3 is 4.74 Å². The Morgan fingerprint density at radius 2 is 2.00 bits per heavy atom. The molecule has 0 N–H and O–H groups in total. The van der Waals surface area contributed by atoms with Crippen LogP contribution in [-0.2, 0) is 4.74 Å². The maximum absolute atomic E-state index is 6.21. The van der Waals surface area contributed by atoms with Crippen LogP contribution in [0.15, 0.2) is 30.3 Å². The Balaban J connectivity index is 2.01. The lowest BCUT2D eigenvalue weighted by molar-refractivity contribution is -0.142. The summed E-state index contributed by atoms with van der Waals surface area (Å²) in [6.45, 7) is 6.75. The van der Waals surface area contributed by atoms with Gasteiger partial charge in [0.15, 0.2) is 0 Å². The van der Waals surface area contributed by atoms with Crippen LogP contribution in [0.25, 0.3) is 0 Å². The van der Waals surface area contributed by atoms with Crippen LogP contribution < -0.4 is 0 Å². The lowest BCUT2D eigenvalue weighted by Crippen LogP contribution is -2.43. The summed E-state index contributed by atoms with van der Waals surface area (Å²) in [4.78, 5) is 2.47. The zero-order valence-electron chi connectivity index (χ0n) is 10.9. The van der Waals surface area contributed by atoms with E-state index in [0.717, 1.165) is 25.9 Å². The van der Waals surface area contributed by atoms with Gasteiger partial charge in [-0.05, 0) is 24.8 Å². The lowest BCUT2D eigenvalue weighted by Gasteiger charge is -2.39. The molecule has 1 heterocycles. The molecule has 2 nitrogen and oxygen atoms in total. The van der Waals surface area contributed by atoms with Crippen molar-refractivity contribution < 1.29 is 4.74 Å². The van der Waals surface area contributed by atoms with Gasteiger partial charge in [-0.3, -0.25) is 4.90 Å². The average molecular weight is 233 g/mol. The van der Waals surface area contributed by atoms with Gasteiger partial charge in [0.1, 0.15) is 6.23 Å². The first-order valence-electron chi connectivity index (χ1n) is 6.79. The van der Waals surface area contributed by atoms with Crippen molar-refractivity contribution in [2.24, 2.45) is 0 Å². The topological polar surface area (TPSA) is 12.5 Å². The van der Waals surface area contributed by atoms with E-state index in [-0.39, 0.29) is 6.10 Å².